The zero-order chi connectivity index (χ0) is 15.2. The molecule has 1 aromatic carbocycles. The van der Waals surface area contributed by atoms with Crippen molar-refractivity contribution in [2.75, 3.05) is 10.6 Å². The molecule has 0 radical (unpaired) electrons. The van der Waals surface area contributed by atoms with Crippen LogP contribution in [-0.2, 0) is 6.54 Å². The third kappa shape index (κ3) is 3.54. The maximum atomic E-state index is 4.48. The Morgan fingerprint density at radius 2 is 1.86 bits per heavy atom. The van der Waals surface area contributed by atoms with Gasteiger partial charge in [-0.2, -0.15) is 4.98 Å². The molecular formula is C16H16N6. The molecule has 2 aromatic heterocycles. The van der Waals surface area contributed by atoms with Crippen molar-refractivity contribution in [1.82, 2.24) is 19.9 Å². The van der Waals surface area contributed by atoms with Crippen molar-refractivity contribution in [2.45, 2.75) is 13.5 Å². The van der Waals surface area contributed by atoms with Crippen LogP contribution in [0.2, 0.25) is 0 Å². The van der Waals surface area contributed by atoms with Crippen LogP contribution in [0.1, 0.15) is 11.1 Å². The first kappa shape index (κ1) is 13.9. The Morgan fingerprint density at radius 1 is 1.00 bits per heavy atom. The maximum Gasteiger partial charge on any atom is 0.230 e. The van der Waals surface area contributed by atoms with Gasteiger partial charge in [0.05, 0.1) is 6.20 Å². The van der Waals surface area contributed by atoms with E-state index < -0.39 is 0 Å². The maximum absolute atomic E-state index is 4.48. The molecule has 0 aliphatic rings. The quantitative estimate of drug-likeness (QED) is 0.753. The Kier molecular flexibility index (Phi) is 4.20. The van der Waals surface area contributed by atoms with Crippen LogP contribution in [0.3, 0.4) is 0 Å². The molecule has 6 nitrogen and oxygen atoms in total. The highest BCUT2D eigenvalue weighted by atomic mass is 15.2. The van der Waals surface area contributed by atoms with Gasteiger partial charge in [-0.15, -0.1) is 0 Å². The number of hydrogen-bond donors (Lipinski definition) is 2. The fourth-order valence-electron chi connectivity index (χ4n) is 1.94. The van der Waals surface area contributed by atoms with E-state index in [0.29, 0.717) is 18.3 Å². The number of nitrogens with one attached hydrogen (secondary N) is 2. The van der Waals surface area contributed by atoms with E-state index in [4.69, 9.17) is 0 Å². The fraction of sp³-hybridized carbons (Fsp3) is 0.125. The molecule has 0 unspecified atom stereocenters. The molecule has 22 heavy (non-hydrogen) atoms. The summed E-state index contributed by atoms with van der Waals surface area (Å²) in [7, 11) is 0. The largest absolute Gasteiger partial charge is 0.366 e. The second kappa shape index (κ2) is 6.62. The van der Waals surface area contributed by atoms with Gasteiger partial charge in [0.1, 0.15) is 5.82 Å². The molecule has 6 heteroatoms. The minimum absolute atomic E-state index is 0.488. The number of aryl methyl sites for hydroxylation is 1. The summed E-state index contributed by atoms with van der Waals surface area (Å²) in [6, 6.07) is 10.2. The SMILES string of the molecule is Cc1cnc(Nc2cnccn2)nc1NCc1ccccc1. The van der Waals surface area contributed by atoms with Gasteiger partial charge < -0.3 is 10.6 Å². The zero-order valence-corrected chi connectivity index (χ0v) is 12.2. The summed E-state index contributed by atoms with van der Waals surface area (Å²) in [4.78, 5) is 16.9. The third-order valence-corrected chi connectivity index (χ3v) is 3.08. The summed E-state index contributed by atoms with van der Waals surface area (Å²) in [5, 5.41) is 6.36. The summed E-state index contributed by atoms with van der Waals surface area (Å²) in [5.41, 5.74) is 2.18. The lowest BCUT2D eigenvalue weighted by atomic mass is 10.2. The average molecular weight is 292 g/mol. The molecule has 0 saturated carbocycles. The molecule has 0 amide bonds. The summed E-state index contributed by atoms with van der Waals surface area (Å²) in [5.74, 6) is 1.90. The molecular weight excluding hydrogens is 276 g/mol. The highest BCUT2D eigenvalue weighted by Crippen LogP contribution is 2.16. The predicted molar refractivity (Wildman–Crippen MR) is 85.9 cm³/mol. The summed E-state index contributed by atoms with van der Waals surface area (Å²) in [6.45, 7) is 2.68. The van der Waals surface area contributed by atoms with Crippen LogP contribution in [0.5, 0.6) is 0 Å². The van der Waals surface area contributed by atoms with Crippen LogP contribution >= 0.6 is 0 Å². The van der Waals surface area contributed by atoms with Gasteiger partial charge in [-0.1, -0.05) is 30.3 Å². The Balaban J connectivity index is 1.72. The molecule has 0 atom stereocenters. The highest BCUT2D eigenvalue weighted by Gasteiger charge is 2.05. The zero-order valence-electron chi connectivity index (χ0n) is 12.2. The third-order valence-electron chi connectivity index (χ3n) is 3.08. The minimum atomic E-state index is 0.488. The number of anilines is 3. The Labute approximate surface area is 128 Å². The lowest BCUT2D eigenvalue weighted by molar-refractivity contribution is 1.06. The molecule has 0 saturated heterocycles. The highest BCUT2D eigenvalue weighted by molar-refractivity contribution is 5.52. The number of nitrogens with zero attached hydrogens (tertiary/aromatic N) is 4. The van der Waals surface area contributed by atoms with Gasteiger partial charge in [0.25, 0.3) is 0 Å². The Hall–Kier alpha value is -3.02. The van der Waals surface area contributed by atoms with E-state index in [9.17, 15) is 0 Å². The van der Waals surface area contributed by atoms with E-state index >= 15 is 0 Å². The van der Waals surface area contributed by atoms with Crippen molar-refractivity contribution >= 4 is 17.6 Å². The summed E-state index contributed by atoms with van der Waals surface area (Å²) in [6.07, 6.45) is 6.64. The number of rotatable bonds is 5. The lowest BCUT2D eigenvalue weighted by Gasteiger charge is -2.10. The molecule has 0 bridgehead atoms. The first-order valence-corrected chi connectivity index (χ1v) is 6.96. The van der Waals surface area contributed by atoms with E-state index in [1.165, 1.54) is 5.56 Å². The van der Waals surface area contributed by atoms with Gasteiger partial charge in [-0.3, -0.25) is 4.98 Å². The molecule has 2 heterocycles. The van der Waals surface area contributed by atoms with Gasteiger partial charge in [0.2, 0.25) is 5.95 Å². The van der Waals surface area contributed by atoms with Gasteiger partial charge in [0.15, 0.2) is 5.82 Å². The second-order valence-electron chi connectivity index (χ2n) is 4.78. The minimum Gasteiger partial charge on any atom is -0.366 e. The second-order valence-corrected chi connectivity index (χ2v) is 4.78. The van der Waals surface area contributed by atoms with Gasteiger partial charge >= 0.3 is 0 Å². The van der Waals surface area contributed by atoms with E-state index in [2.05, 4.69) is 42.7 Å². The van der Waals surface area contributed by atoms with Crippen LogP contribution in [0.4, 0.5) is 17.6 Å². The van der Waals surface area contributed by atoms with Crippen molar-refractivity contribution in [3.8, 4) is 0 Å². The number of aromatic nitrogens is 4. The smallest absolute Gasteiger partial charge is 0.230 e. The van der Waals surface area contributed by atoms with Crippen LogP contribution in [0.15, 0.2) is 55.1 Å². The van der Waals surface area contributed by atoms with Crippen molar-refractivity contribution in [1.29, 1.82) is 0 Å². The molecule has 0 fully saturated rings. The molecule has 0 aliphatic carbocycles. The number of hydrogen-bond acceptors (Lipinski definition) is 6. The van der Waals surface area contributed by atoms with E-state index in [-0.39, 0.29) is 0 Å². The van der Waals surface area contributed by atoms with Crippen molar-refractivity contribution in [3.63, 3.8) is 0 Å². The molecule has 3 aromatic rings. The Bertz CT molecular complexity index is 730. The average Bonchev–Trinajstić information content (AvgIpc) is 2.57. The molecule has 0 aliphatic heterocycles. The van der Waals surface area contributed by atoms with Crippen LogP contribution in [0.25, 0.3) is 0 Å². The van der Waals surface area contributed by atoms with Gasteiger partial charge in [-0.05, 0) is 12.5 Å². The van der Waals surface area contributed by atoms with Crippen molar-refractivity contribution in [3.05, 3.63) is 66.2 Å². The van der Waals surface area contributed by atoms with Crippen LogP contribution < -0.4 is 10.6 Å². The number of benzene rings is 1. The molecule has 0 spiro atoms. The first-order valence-electron chi connectivity index (χ1n) is 6.96. The van der Waals surface area contributed by atoms with E-state index in [1.807, 2.05) is 25.1 Å². The predicted octanol–water partition coefficient (Wildman–Crippen LogP) is 2.93. The normalized spacial score (nSPS) is 10.2. The van der Waals surface area contributed by atoms with E-state index in [1.54, 1.807) is 24.8 Å². The molecule has 2 N–H and O–H groups in total. The topological polar surface area (TPSA) is 75.6 Å². The summed E-state index contributed by atoms with van der Waals surface area (Å²) < 4.78 is 0. The van der Waals surface area contributed by atoms with Gasteiger partial charge in [-0.25, -0.2) is 9.97 Å². The first-order chi connectivity index (χ1) is 10.8. The Morgan fingerprint density at radius 3 is 2.64 bits per heavy atom. The van der Waals surface area contributed by atoms with Crippen molar-refractivity contribution < 1.29 is 0 Å². The lowest BCUT2D eigenvalue weighted by Crippen LogP contribution is -2.06. The molecule has 3 rings (SSSR count). The monoisotopic (exact) mass is 292 g/mol. The standard InChI is InChI=1S/C16H16N6/c1-12-9-20-16(21-14-11-17-7-8-18-14)22-15(12)19-10-13-5-3-2-4-6-13/h2-9,11H,10H2,1H3,(H2,18,19,20,21,22). The van der Waals surface area contributed by atoms with Crippen LogP contribution in [-0.4, -0.2) is 19.9 Å². The molecule has 110 valence electrons. The van der Waals surface area contributed by atoms with E-state index in [0.717, 1.165) is 11.4 Å². The van der Waals surface area contributed by atoms with Crippen molar-refractivity contribution in [2.24, 2.45) is 0 Å². The van der Waals surface area contributed by atoms with Gasteiger partial charge in [0, 0.05) is 30.7 Å². The summed E-state index contributed by atoms with van der Waals surface area (Å²) >= 11 is 0. The fourth-order valence-corrected chi connectivity index (χ4v) is 1.94. The van der Waals surface area contributed by atoms with Crippen LogP contribution in [0, 0.1) is 6.92 Å².